The van der Waals surface area contributed by atoms with E-state index in [4.69, 9.17) is 19.9 Å². The summed E-state index contributed by atoms with van der Waals surface area (Å²) in [6, 6.07) is 11.2. The Morgan fingerprint density at radius 3 is 2.20 bits per heavy atom. The van der Waals surface area contributed by atoms with Crippen molar-refractivity contribution in [3.8, 4) is 17.2 Å². The zero-order valence-electron chi connectivity index (χ0n) is 16.9. The first kappa shape index (κ1) is 22.5. The van der Waals surface area contributed by atoms with Gasteiger partial charge in [-0.25, -0.2) is 0 Å². The molecular weight excluding hydrogens is 390 g/mol. The number of primary amides is 1. The van der Waals surface area contributed by atoms with E-state index in [9.17, 15) is 14.4 Å². The van der Waals surface area contributed by atoms with Crippen molar-refractivity contribution in [3.05, 3.63) is 48.0 Å². The number of amides is 3. The molecule has 0 heterocycles. The SMILES string of the molecule is CCOc1ccc(C(=O)NCC(=O)Nc2ccc(OCC(N)=O)cc2)cc1OCC. The van der Waals surface area contributed by atoms with Gasteiger partial charge in [-0.3, -0.25) is 14.4 Å². The standard InChI is InChI=1S/C21H25N3O6/c1-3-28-17-10-5-14(11-18(17)29-4-2)21(27)23-12-20(26)24-15-6-8-16(9-7-15)30-13-19(22)25/h5-11H,3-4,12-13H2,1-2H3,(H2,22,25)(H,23,27)(H,24,26). The molecule has 0 atom stereocenters. The predicted molar refractivity (Wildman–Crippen MR) is 111 cm³/mol. The van der Waals surface area contributed by atoms with Gasteiger partial charge in [-0.15, -0.1) is 0 Å². The number of anilines is 1. The molecule has 2 rings (SSSR count). The highest BCUT2D eigenvalue weighted by Crippen LogP contribution is 2.28. The van der Waals surface area contributed by atoms with Crippen LogP contribution in [-0.4, -0.2) is 44.1 Å². The molecule has 0 aliphatic carbocycles. The molecule has 30 heavy (non-hydrogen) atoms. The molecule has 0 spiro atoms. The number of nitrogens with one attached hydrogen (secondary N) is 2. The summed E-state index contributed by atoms with van der Waals surface area (Å²) >= 11 is 0. The van der Waals surface area contributed by atoms with Crippen LogP contribution in [0.2, 0.25) is 0 Å². The summed E-state index contributed by atoms with van der Waals surface area (Å²) in [5.74, 6) is 0.0752. The number of benzene rings is 2. The van der Waals surface area contributed by atoms with Crippen molar-refractivity contribution in [2.75, 3.05) is 31.7 Å². The fourth-order valence-corrected chi connectivity index (χ4v) is 2.45. The molecule has 9 nitrogen and oxygen atoms in total. The molecule has 0 fully saturated rings. The maximum Gasteiger partial charge on any atom is 0.255 e. The lowest BCUT2D eigenvalue weighted by atomic mass is 10.2. The van der Waals surface area contributed by atoms with Crippen molar-refractivity contribution >= 4 is 23.4 Å². The quantitative estimate of drug-likeness (QED) is 0.512. The topological polar surface area (TPSA) is 129 Å². The van der Waals surface area contributed by atoms with Crippen LogP contribution >= 0.6 is 0 Å². The Hall–Kier alpha value is -3.75. The monoisotopic (exact) mass is 415 g/mol. The summed E-state index contributed by atoms with van der Waals surface area (Å²) in [4.78, 5) is 35.2. The second-order valence-corrected chi connectivity index (χ2v) is 6.04. The molecule has 2 aromatic rings. The largest absolute Gasteiger partial charge is 0.490 e. The second kappa shape index (κ2) is 11.3. The summed E-state index contributed by atoms with van der Waals surface area (Å²) in [5, 5.41) is 5.21. The number of rotatable bonds is 11. The molecule has 0 saturated heterocycles. The van der Waals surface area contributed by atoms with E-state index >= 15 is 0 Å². The highest BCUT2D eigenvalue weighted by molar-refractivity contribution is 5.99. The van der Waals surface area contributed by atoms with Gasteiger partial charge in [-0.1, -0.05) is 0 Å². The van der Waals surface area contributed by atoms with Gasteiger partial charge in [0.15, 0.2) is 18.1 Å². The first-order chi connectivity index (χ1) is 14.4. The van der Waals surface area contributed by atoms with E-state index in [0.29, 0.717) is 41.7 Å². The minimum absolute atomic E-state index is 0.212. The molecule has 0 unspecified atom stereocenters. The molecule has 0 aromatic heterocycles. The maximum absolute atomic E-state index is 12.4. The molecule has 9 heteroatoms. The van der Waals surface area contributed by atoms with E-state index in [2.05, 4.69) is 10.6 Å². The first-order valence-corrected chi connectivity index (χ1v) is 9.41. The van der Waals surface area contributed by atoms with Gasteiger partial charge in [-0.2, -0.15) is 0 Å². The lowest BCUT2D eigenvalue weighted by molar-refractivity contribution is -0.120. The van der Waals surface area contributed by atoms with Gasteiger partial charge >= 0.3 is 0 Å². The molecule has 0 aliphatic heterocycles. The van der Waals surface area contributed by atoms with E-state index in [1.54, 1.807) is 42.5 Å². The van der Waals surface area contributed by atoms with Gasteiger partial charge in [0, 0.05) is 11.3 Å². The zero-order chi connectivity index (χ0) is 21.9. The van der Waals surface area contributed by atoms with Gasteiger partial charge in [0.25, 0.3) is 11.8 Å². The van der Waals surface area contributed by atoms with Crippen LogP contribution in [0.1, 0.15) is 24.2 Å². The third kappa shape index (κ3) is 7.01. The number of ether oxygens (including phenoxy) is 3. The van der Waals surface area contributed by atoms with Crippen molar-refractivity contribution in [3.63, 3.8) is 0 Å². The van der Waals surface area contributed by atoms with E-state index < -0.39 is 17.7 Å². The Labute approximate surface area is 174 Å². The predicted octanol–water partition coefficient (Wildman–Crippen LogP) is 1.72. The van der Waals surface area contributed by atoms with Crippen molar-refractivity contribution in [2.24, 2.45) is 5.73 Å². The van der Waals surface area contributed by atoms with Crippen LogP contribution in [0.4, 0.5) is 5.69 Å². The Balaban J connectivity index is 1.89. The number of nitrogens with two attached hydrogens (primary N) is 1. The Kier molecular flexibility index (Phi) is 8.49. The molecule has 0 saturated carbocycles. The van der Waals surface area contributed by atoms with E-state index in [-0.39, 0.29) is 13.2 Å². The molecular formula is C21H25N3O6. The van der Waals surface area contributed by atoms with Crippen LogP contribution < -0.4 is 30.6 Å². The number of hydrogen-bond donors (Lipinski definition) is 3. The summed E-state index contributed by atoms with van der Waals surface area (Å²) in [6.07, 6.45) is 0. The number of carbonyl (C=O) groups is 3. The van der Waals surface area contributed by atoms with Crippen LogP contribution in [0.15, 0.2) is 42.5 Å². The van der Waals surface area contributed by atoms with Crippen LogP contribution in [0.5, 0.6) is 17.2 Å². The Morgan fingerprint density at radius 2 is 1.57 bits per heavy atom. The highest BCUT2D eigenvalue weighted by atomic mass is 16.5. The normalized spacial score (nSPS) is 10.1. The number of hydrogen-bond acceptors (Lipinski definition) is 6. The average molecular weight is 415 g/mol. The van der Waals surface area contributed by atoms with Crippen molar-refractivity contribution in [1.29, 1.82) is 0 Å². The molecule has 3 amide bonds. The van der Waals surface area contributed by atoms with Crippen LogP contribution in [0.25, 0.3) is 0 Å². The number of carbonyl (C=O) groups excluding carboxylic acids is 3. The van der Waals surface area contributed by atoms with Crippen molar-refractivity contribution < 1.29 is 28.6 Å². The van der Waals surface area contributed by atoms with Gasteiger partial charge in [0.1, 0.15) is 5.75 Å². The minimum Gasteiger partial charge on any atom is -0.490 e. The van der Waals surface area contributed by atoms with E-state index in [1.165, 1.54) is 0 Å². The van der Waals surface area contributed by atoms with E-state index in [1.807, 2.05) is 13.8 Å². The molecule has 0 radical (unpaired) electrons. The Bertz CT molecular complexity index is 883. The van der Waals surface area contributed by atoms with E-state index in [0.717, 1.165) is 0 Å². The van der Waals surface area contributed by atoms with Crippen LogP contribution in [0, 0.1) is 0 Å². The van der Waals surface area contributed by atoms with Gasteiger partial charge in [0.2, 0.25) is 5.91 Å². The smallest absolute Gasteiger partial charge is 0.255 e. The summed E-state index contributed by atoms with van der Waals surface area (Å²) in [7, 11) is 0. The van der Waals surface area contributed by atoms with Crippen molar-refractivity contribution in [1.82, 2.24) is 5.32 Å². The summed E-state index contributed by atoms with van der Waals surface area (Å²) < 4.78 is 16.1. The lowest BCUT2D eigenvalue weighted by Crippen LogP contribution is -2.32. The van der Waals surface area contributed by atoms with Gasteiger partial charge in [-0.05, 0) is 56.3 Å². The fourth-order valence-electron chi connectivity index (χ4n) is 2.45. The molecule has 4 N–H and O–H groups in total. The molecule has 2 aromatic carbocycles. The third-order valence-corrected chi connectivity index (χ3v) is 3.73. The molecule has 0 bridgehead atoms. The molecule has 0 aliphatic rings. The average Bonchev–Trinajstić information content (AvgIpc) is 2.73. The first-order valence-electron chi connectivity index (χ1n) is 9.41. The third-order valence-electron chi connectivity index (χ3n) is 3.73. The molecule has 160 valence electrons. The minimum atomic E-state index is -0.580. The van der Waals surface area contributed by atoms with Gasteiger partial charge in [0.05, 0.1) is 19.8 Å². The lowest BCUT2D eigenvalue weighted by Gasteiger charge is -2.12. The van der Waals surface area contributed by atoms with Crippen LogP contribution in [-0.2, 0) is 9.59 Å². The summed E-state index contributed by atoms with van der Waals surface area (Å²) in [6.45, 7) is 4.16. The van der Waals surface area contributed by atoms with Gasteiger partial charge < -0.3 is 30.6 Å². The van der Waals surface area contributed by atoms with Crippen LogP contribution in [0.3, 0.4) is 0 Å². The highest BCUT2D eigenvalue weighted by Gasteiger charge is 2.13. The second-order valence-electron chi connectivity index (χ2n) is 6.04. The fraction of sp³-hybridized carbons (Fsp3) is 0.286. The van der Waals surface area contributed by atoms with Crippen molar-refractivity contribution in [2.45, 2.75) is 13.8 Å². The summed E-state index contributed by atoms with van der Waals surface area (Å²) in [5.41, 5.74) is 5.88. The Morgan fingerprint density at radius 1 is 0.900 bits per heavy atom. The maximum atomic E-state index is 12.4. The zero-order valence-corrected chi connectivity index (χ0v) is 16.9.